The number of alkyl halides is 3. The van der Waals surface area contributed by atoms with E-state index in [1.807, 2.05) is 0 Å². The summed E-state index contributed by atoms with van der Waals surface area (Å²) in [4.78, 5) is 11.6. The highest BCUT2D eigenvalue weighted by Crippen LogP contribution is 2.21. The lowest BCUT2D eigenvalue weighted by Crippen LogP contribution is -2.45. The molecule has 0 aliphatic carbocycles. The molecule has 6 nitrogen and oxygen atoms in total. The molecule has 1 aromatic carbocycles. The largest absolute Gasteiger partial charge is 0.405 e. The van der Waals surface area contributed by atoms with Crippen LogP contribution in [0.5, 0.6) is 0 Å². The van der Waals surface area contributed by atoms with Crippen molar-refractivity contribution in [3.63, 3.8) is 0 Å². The molecular formula is C14H18F3N3O3S. The van der Waals surface area contributed by atoms with Crippen LogP contribution >= 0.6 is 0 Å². The lowest BCUT2D eigenvalue weighted by Gasteiger charge is -2.29. The van der Waals surface area contributed by atoms with E-state index in [4.69, 9.17) is 5.73 Å². The number of hydrogen-bond acceptors (Lipinski definition) is 4. The molecule has 1 saturated heterocycles. The van der Waals surface area contributed by atoms with Crippen molar-refractivity contribution in [3.8, 4) is 0 Å². The summed E-state index contributed by atoms with van der Waals surface area (Å²) in [6.07, 6.45) is -3.18. The number of carbonyl (C=O) groups is 1. The molecule has 0 bridgehead atoms. The average Bonchev–Trinajstić information content (AvgIpc) is 2.52. The molecule has 24 heavy (non-hydrogen) atoms. The van der Waals surface area contributed by atoms with Gasteiger partial charge in [0.2, 0.25) is 10.0 Å². The molecule has 1 amide bonds. The SMILES string of the molecule is NC1CCCN(S(=O)(=O)c2cccc(C(=O)NCC(F)(F)F)c2)C1. The predicted octanol–water partition coefficient (Wildman–Crippen LogP) is 1.09. The molecule has 1 aliphatic heterocycles. The predicted molar refractivity (Wildman–Crippen MR) is 80.8 cm³/mol. The van der Waals surface area contributed by atoms with Crippen molar-refractivity contribution >= 4 is 15.9 Å². The Morgan fingerprint density at radius 2 is 2.08 bits per heavy atom. The van der Waals surface area contributed by atoms with Gasteiger partial charge in [-0.1, -0.05) is 6.07 Å². The van der Waals surface area contributed by atoms with E-state index < -0.39 is 28.7 Å². The first kappa shape index (κ1) is 18.7. The van der Waals surface area contributed by atoms with Crippen molar-refractivity contribution in [2.24, 2.45) is 5.73 Å². The standard InChI is InChI=1S/C14H18F3N3O3S/c15-14(16,17)9-19-13(21)10-3-1-5-12(7-10)24(22,23)20-6-2-4-11(18)8-20/h1,3,5,7,11H,2,4,6,8-9,18H2,(H,19,21). The minimum atomic E-state index is -4.54. The maximum atomic E-state index is 12.6. The van der Waals surface area contributed by atoms with E-state index in [-0.39, 0.29) is 23.0 Å². The fraction of sp³-hybridized carbons (Fsp3) is 0.500. The summed E-state index contributed by atoms with van der Waals surface area (Å²) in [6.45, 7) is -0.989. The Bertz CT molecular complexity index is 707. The van der Waals surface area contributed by atoms with Crippen molar-refractivity contribution in [1.82, 2.24) is 9.62 Å². The van der Waals surface area contributed by atoms with E-state index in [0.29, 0.717) is 13.0 Å². The van der Waals surface area contributed by atoms with Gasteiger partial charge in [0.25, 0.3) is 5.91 Å². The topological polar surface area (TPSA) is 92.5 Å². The van der Waals surface area contributed by atoms with Crippen LogP contribution in [-0.4, -0.2) is 50.5 Å². The van der Waals surface area contributed by atoms with Gasteiger partial charge in [-0.3, -0.25) is 4.79 Å². The molecule has 1 heterocycles. The Labute approximate surface area is 137 Å². The van der Waals surface area contributed by atoms with E-state index in [9.17, 15) is 26.4 Å². The van der Waals surface area contributed by atoms with Crippen LogP contribution in [0.25, 0.3) is 0 Å². The maximum Gasteiger partial charge on any atom is 0.405 e. The lowest BCUT2D eigenvalue weighted by molar-refractivity contribution is -0.123. The number of hydrogen-bond donors (Lipinski definition) is 2. The third-order valence-corrected chi connectivity index (χ3v) is 5.47. The van der Waals surface area contributed by atoms with Crippen molar-refractivity contribution in [3.05, 3.63) is 29.8 Å². The summed E-state index contributed by atoms with van der Waals surface area (Å²) >= 11 is 0. The minimum absolute atomic E-state index is 0.142. The molecular weight excluding hydrogens is 347 g/mol. The van der Waals surface area contributed by atoms with E-state index in [2.05, 4.69) is 0 Å². The zero-order chi connectivity index (χ0) is 18.0. The number of halogens is 3. The Morgan fingerprint density at radius 1 is 1.38 bits per heavy atom. The first-order chi connectivity index (χ1) is 11.1. The van der Waals surface area contributed by atoms with Gasteiger partial charge in [0.05, 0.1) is 4.90 Å². The minimum Gasteiger partial charge on any atom is -0.343 e. The van der Waals surface area contributed by atoms with Gasteiger partial charge in [-0.2, -0.15) is 17.5 Å². The summed E-state index contributed by atoms with van der Waals surface area (Å²) in [5.41, 5.74) is 5.63. The quantitative estimate of drug-likeness (QED) is 0.835. The summed E-state index contributed by atoms with van der Waals surface area (Å²) in [5.74, 6) is -0.986. The fourth-order valence-electron chi connectivity index (χ4n) is 2.42. The highest BCUT2D eigenvalue weighted by molar-refractivity contribution is 7.89. The van der Waals surface area contributed by atoms with Gasteiger partial charge in [0, 0.05) is 24.7 Å². The van der Waals surface area contributed by atoms with Gasteiger partial charge in [0.15, 0.2) is 0 Å². The highest BCUT2D eigenvalue weighted by atomic mass is 32.2. The number of nitrogens with zero attached hydrogens (tertiary/aromatic N) is 1. The normalized spacial score (nSPS) is 19.9. The van der Waals surface area contributed by atoms with Crippen LogP contribution in [0.2, 0.25) is 0 Å². The number of carbonyl (C=O) groups excluding carboxylic acids is 1. The van der Waals surface area contributed by atoms with Crippen LogP contribution in [0.3, 0.4) is 0 Å². The molecule has 2 rings (SSSR count). The first-order valence-electron chi connectivity index (χ1n) is 7.30. The Kier molecular flexibility index (Phi) is 5.51. The zero-order valence-electron chi connectivity index (χ0n) is 12.7. The molecule has 0 radical (unpaired) electrons. The van der Waals surface area contributed by atoms with Gasteiger partial charge in [-0.15, -0.1) is 0 Å². The summed E-state index contributed by atoms with van der Waals surface area (Å²) < 4.78 is 62.8. The molecule has 1 aliphatic rings. The van der Waals surface area contributed by atoms with E-state index in [0.717, 1.165) is 12.5 Å². The van der Waals surface area contributed by atoms with E-state index >= 15 is 0 Å². The smallest absolute Gasteiger partial charge is 0.343 e. The van der Waals surface area contributed by atoms with Crippen molar-refractivity contribution < 1.29 is 26.4 Å². The summed E-state index contributed by atoms with van der Waals surface area (Å²) in [7, 11) is -3.84. The monoisotopic (exact) mass is 365 g/mol. The van der Waals surface area contributed by atoms with Crippen LogP contribution < -0.4 is 11.1 Å². The number of amides is 1. The number of nitrogens with one attached hydrogen (secondary N) is 1. The van der Waals surface area contributed by atoms with Crippen molar-refractivity contribution in [1.29, 1.82) is 0 Å². The van der Waals surface area contributed by atoms with Crippen molar-refractivity contribution in [2.75, 3.05) is 19.6 Å². The second-order valence-electron chi connectivity index (χ2n) is 5.59. The number of piperidine rings is 1. The average molecular weight is 365 g/mol. The van der Waals surface area contributed by atoms with Crippen LogP contribution in [0.4, 0.5) is 13.2 Å². The van der Waals surface area contributed by atoms with Gasteiger partial charge in [-0.05, 0) is 31.0 Å². The fourth-order valence-corrected chi connectivity index (χ4v) is 4.00. The molecule has 3 N–H and O–H groups in total. The number of rotatable bonds is 4. The molecule has 0 aromatic heterocycles. The summed E-state index contributed by atoms with van der Waals surface area (Å²) in [5, 5.41) is 1.71. The second kappa shape index (κ2) is 7.08. The zero-order valence-corrected chi connectivity index (χ0v) is 13.5. The Balaban J connectivity index is 2.18. The van der Waals surface area contributed by atoms with Gasteiger partial charge in [-0.25, -0.2) is 8.42 Å². The number of sulfonamides is 1. The van der Waals surface area contributed by atoms with E-state index in [1.165, 1.54) is 22.5 Å². The van der Waals surface area contributed by atoms with Gasteiger partial charge in [0.1, 0.15) is 6.54 Å². The van der Waals surface area contributed by atoms with Crippen LogP contribution in [-0.2, 0) is 10.0 Å². The first-order valence-corrected chi connectivity index (χ1v) is 8.74. The second-order valence-corrected chi connectivity index (χ2v) is 7.53. The van der Waals surface area contributed by atoms with Gasteiger partial charge >= 0.3 is 6.18 Å². The molecule has 134 valence electrons. The Morgan fingerprint density at radius 3 is 2.71 bits per heavy atom. The molecule has 0 saturated carbocycles. The molecule has 1 fully saturated rings. The van der Waals surface area contributed by atoms with Crippen molar-refractivity contribution in [2.45, 2.75) is 30.0 Å². The lowest BCUT2D eigenvalue weighted by atomic mass is 10.1. The Hall–Kier alpha value is -1.65. The van der Waals surface area contributed by atoms with Crippen LogP contribution in [0, 0.1) is 0 Å². The van der Waals surface area contributed by atoms with Crippen LogP contribution in [0.1, 0.15) is 23.2 Å². The number of benzene rings is 1. The molecule has 10 heteroatoms. The molecule has 1 unspecified atom stereocenters. The summed E-state index contributed by atoms with van der Waals surface area (Å²) in [6, 6.07) is 4.69. The van der Waals surface area contributed by atoms with Crippen LogP contribution in [0.15, 0.2) is 29.2 Å². The highest BCUT2D eigenvalue weighted by Gasteiger charge is 2.30. The number of nitrogens with two attached hydrogens (primary N) is 1. The van der Waals surface area contributed by atoms with E-state index in [1.54, 1.807) is 5.32 Å². The third kappa shape index (κ3) is 4.68. The molecule has 1 aromatic rings. The molecule has 0 spiro atoms. The third-order valence-electron chi connectivity index (χ3n) is 3.60. The maximum absolute atomic E-state index is 12.6. The van der Waals surface area contributed by atoms with Gasteiger partial charge < -0.3 is 11.1 Å². The molecule has 1 atom stereocenters.